The topological polar surface area (TPSA) is 95.5 Å². The first-order valence-electron chi connectivity index (χ1n) is 8.80. The van der Waals surface area contributed by atoms with Gasteiger partial charge in [-0.15, -0.1) is 0 Å². The quantitative estimate of drug-likeness (QED) is 0.791. The number of aliphatic carboxylic acids is 1. The molecule has 0 heterocycles. The monoisotopic (exact) mass is 344 g/mol. The maximum Gasteiger partial charge on any atom is 0.338 e. The number of carboxylic acid groups (broad SMARTS) is 1. The molecule has 4 atom stereocenters. The lowest BCUT2D eigenvalue weighted by atomic mass is 9.78. The molecule has 1 amide bonds. The molecule has 2 aliphatic carbocycles. The van der Waals surface area contributed by atoms with Gasteiger partial charge in [-0.05, 0) is 61.8 Å². The zero-order chi connectivity index (χ0) is 18.0. The Morgan fingerprint density at radius 3 is 2.36 bits per heavy atom. The van der Waals surface area contributed by atoms with Crippen LogP contribution in [0, 0.1) is 23.7 Å². The fraction of sp³-hybridized carbons (Fsp3) is 0.526. The van der Waals surface area contributed by atoms with Crippen LogP contribution in [0.4, 0.5) is 5.69 Å². The standard InChI is InChI=1S/C19H23NO5/c1-2-9-25-19(24)11-5-7-14(8-6-11)20-17(21)15-12-3-4-13(10-12)16(15)18(22)23/h5-8,12-13,15-16H,2-4,9-10H2,1H3,(H,20,21)(H,22,23)/p-1/t12-,13+,15-,16+/m1/s1. The van der Waals surface area contributed by atoms with Crippen molar-refractivity contribution in [2.24, 2.45) is 23.7 Å². The number of carbonyl (C=O) groups is 3. The number of amides is 1. The molecule has 0 unspecified atom stereocenters. The molecule has 2 saturated carbocycles. The summed E-state index contributed by atoms with van der Waals surface area (Å²) in [5.74, 6) is -2.84. The molecule has 0 aromatic heterocycles. The normalized spacial score (nSPS) is 27.1. The van der Waals surface area contributed by atoms with E-state index in [1.165, 1.54) is 0 Å². The Labute approximate surface area is 146 Å². The fourth-order valence-electron chi connectivity index (χ4n) is 4.20. The van der Waals surface area contributed by atoms with Gasteiger partial charge in [0.25, 0.3) is 0 Å². The number of rotatable bonds is 6. The highest BCUT2D eigenvalue weighted by molar-refractivity contribution is 5.96. The molecule has 0 radical (unpaired) electrons. The molecule has 2 aliphatic rings. The fourth-order valence-corrected chi connectivity index (χ4v) is 4.20. The van der Waals surface area contributed by atoms with E-state index in [1.807, 2.05) is 6.92 Å². The first kappa shape index (κ1) is 17.5. The lowest BCUT2D eigenvalue weighted by Crippen LogP contribution is -2.43. The second-order valence-corrected chi connectivity index (χ2v) is 6.91. The van der Waals surface area contributed by atoms with E-state index in [2.05, 4.69) is 5.32 Å². The van der Waals surface area contributed by atoms with Gasteiger partial charge in [-0.25, -0.2) is 4.79 Å². The van der Waals surface area contributed by atoms with Crippen LogP contribution in [0.1, 0.15) is 43.0 Å². The van der Waals surface area contributed by atoms with Crippen LogP contribution in [0.3, 0.4) is 0 Å². The highest BCUT2D eigenvalue weighted by atomic mass is 16.5. The van der Waals surface area contributed by atoms with Crippen molar-refractivity contribution in [2.45, 2.75) is 32.6 Å². The Bertz CT molecular complexity index is 669. The highest BCUT2D eigenvalue weighted by Gasteiger charge is 2.51. The lowest BCUT2D eigenvalue weighted by molar-refractivity contribution is -0.314. The van der Waals surface area contributed by atoms with Crippen molar-refractivity contribution in [1.29, 1.82) is 0 Å². The van der Waals surface area contributed by atoms with Crippen molar-refractivity contribution >= 4 is 23.5 Å². The Morgan fingerprint density at radius 2 is 1.76 bits per heavy atom. The van der Waals surface area contributed by atoms with E-state index >= 15 is 0 Å². The number of esters is 1. The van der Waals surface area contributed by atoms with E-state index in [0.29, 0.717) is 17.9 Å². The van der Waals surface area contributed by atoms with E-state index < -0.39 is 23.8 Å². The molecule has 2 bridgehead atoms. The van der Waals surface area contributed by atoms with Gasteiger partial charge in [-0.2, -0.15) is 0 Å². The minimum absolute atomic E-state index is 0.0569. The zero-order valence-electron chi connectivity index (χ0n) is 14.2. The Kier molecular flexibility index (Phi) is 5.06. The first-order valence-corrected chi connectivity index (χ1v) is 8.80. The van der Waals surface area contributed by atoms with Gasteiger partial charge in [0.2, 0.25) is 5.91 Å². The summed E-state index contributed by atoms with van der Waals surface area (Å²) in [5, 5.41) is 14.2. The molecule has 134 valence electrons. The largest absolute Gasteiger partial charge is 0.550 e. The average Bonchev–Trinajstić information content (AvgIpc) is 3.21. The van der Waals surface area contributed by atoms with Crippen LogP contribution in [-0.2, 0) is 14.3 Å². The van der Waals surface area contributed by atoms with Crippen molar-refractivity contribution in [2.75, 3.05) is 11.9 Å². The maximum atomic E-state index is 12.6. The molecule has 2 fully saturated rings. The van der Waals surface area contributed by atoms with Crippen LogP contribution < -0.4 is 10.4 Å². The van der Waals surface area contributed by atoms with Crippen molar-refractivity contribution < 1.29 is 24.2 Å². The zero-order valence-corrected chi connectivity index (χ0v) is 14.2. The molecular formula is C19H22NO5-. The van der Waals surface area contributed by atoms with Crippen molar-refractivity contribution in [3.05, 3.63) is 29.8 Å². The van der Waals surface area contributed by atoms with Gasteiger partial charge in [0, 0.05) is 23.5 Å². The van der Waals surface area contributed by atoms with Crippen LogP contribution in [0.2, 0.25) is 0 Å². The highest BCUT2D eigenvalue weighted by Crippen LogP contribution is 2.52. The summed E-state index contributed by atoms with van der Waals surface area (Å²) in [7, 11) is 0. The Morgan fingerprint density at radius 1 is 1.12 bits per heavy atom. The number of fused-ring (bicyclic) bond motifs is 2. The van der Waals surface area contributed by atoms with Crippen molar-refractivity contribution in [3.8, 4) is 0 Å². The third-order valence-electron chi connectivity index (χ3n) is 5.32. The number of nitrogens with one attached hydrogen (secondary N) is 1. The Hall–Kier alpha value is -2.37. The van der Waals surface area contributed by atoms with Crippen LogP contribution >= 0.6 is 0 Å². The van der Waals surface area contributed by atoms with Gasteiger partial charge < -0.3 is 20.0 Å². The van der Waals surface area contributed by atoms with Gasteiger partial charge in [0.05, 0.1) is 12.2 Å². The van der Waals surface area contributed by atoms with E-state index in [9.17, 15) is 19.5 Å². The summed E-state index contributed by atoms with van der Waals surface area (Å²) in [6, 6.07) is 6.43. The number of benzene rings is 1. The minimum Gasteiger partial charge on any atom is -0.550 e. The van der Waals surface area contributed by atoms with Crippen molar-refractivity contribution in [1.82, 2.24) is 0 Å². The van der Waals surface area contributed by atoms with Gasteiger partial charge in [-0.1, -0.05) is 6.92 Å². The number of anilines is 1. The average molecular weight is 344 g/mol. The van der Waals surface area contributed by atoms with E-state index in [1.54, 1.807) is 24.3 Å². The third kappa shape index (κ3) is 3.52. The number of carboxylic acids is 1. The first-order chi connectivity index (χ1) is 12.0. The van der Waals surface area contributed by atoms with Crippen molar-refractivity contribution in [3.63, 3.8) is 0 Å². The molecular weight excluding hydrogens is 322 g/mol. The van der Waals surface area contributed by atoms with Crippen LogP contribution in [0.25, 0.3) is 0 Å². The predicted octanol–water partition coefficient (Wildman–Crippen LogP) is 1.60. The summed E-state index contributed by atoms with van der Waals surface area (Å²) in [5.41, 5.74) is 0.955. The molecule has 1 aromatic carbocycles. The summed E-state index contributed by atoms with van der Waals surface area (Å²) >= 11 is 0. The van der Waals surface area contributed by atoms with Gasteiger partial charge >= 0.3 is 5.97 Å². The molecule has 0 spiro atoms. The predicted molar refractivity (Wildman–Crippen MR) is 88.5 cm³/mol. The molecule has 0 aliphatic heterocycles. The molecule has 1 N–H and O–H groups in total. The summed E-state index contributed by atoms with van der Waals surface area (Å²) < 4.78 is 5.05. The van der Waals surface area contributed by atoms with Gasteiger partial charge in [0.1, 0.15) is 0 Å². The minimum atomic E-state index is -1.12. The van der Waals surface area contributed by atoms with Crippen LogP contribution in [0.5, 0.6) is 0 Å². The smallest absolute Gasteiger partial charge is 0.338 e. The van der Waals surface area contributed by atoms with Gasteiger partial charge in [0.15, 0.2) is 0 Å². The number of carbonyl (C=O) groups excluding carboxylic acids is 3. The number of hydrogen-bond acceptors (Lipinski definition) is 5. The molecule has 0 saturated heterocycles. The van der Waals surface area contributed by atoms with Gasteiger partial charge in [-0.3, -0.25) is 4.79 Å². The summed E-state index contributed by atoms with van der Waals surface area (Å²) in [6.07, 6.45) is 3.30. The summed E-state index contributed by atoms with van der Waals surface area (Å²) in [4.78, 5) is 35.8. The number of ether oxygens (including phenoxy) is 1. The maximum absolute atomic E-state index is 12.6. The van der Waals surface area contributed by atoms with E-state index in [-0.39, 0.29) is 17.7 Å². The third-order valence-corrected chi connectivity index (χ3v) is 5.32. The molecule has 3 rings (SSSR count). The lowest BCUT2D eigenvalue weighted by Gasteiger charge is -2.30. The summed E-state index contributed by atoms with van der Waals surface area (Å²) in [6.45, 7) is 2.29. The molecule has 6 nitrogen and oxygen atoms in total. The van der Waals surface area contributed by atoms with Crippen LogP contribution in [-0.4, -0.2) is 24.5 Å². The SMILES string of the molecule is CCCOC(=O)c1ccc(NC(=O)[C@@H]2[C@@H]3CC[C@@H](C3)[C@@H]2C(=O)[O-])cc1. The molecule has 1 aromatic rings. The second-order valence-electron chi connectivity index (χ2n) is 6.91. The Balaban J connectivity index is 1.65. The molecule has 6 heteroatoms. The van der Waals surface area contributed by atoms with E-state index in [4.69, 9.17) is 4.74 Å². The molecule has 25 heavy (non-hydrogen) atoms. The second kappa shape index (κ2) is 7.25. The van der Waals surface area contributed by atoms with E-state index in [0.717, 1.165) is 25.7 Å². The van der Waals surface area contributed by atoms with Crippen LogP contribution in [0.15, 0.2) is 24.3 Å². The number of hydrogen-bond donors (Lipinski definition) is 1.